The van der Waals surface area contributed by atoms with Gasteiger partial charge in [-0.1, -0.05) is 20.3 Å². The van der Waals surface area contributed by atoms with Gasteiger partial charge < -0.3 is 0 Å². The van der Waals surface area contributed by atoms with Gasteiger partial charge in [0.2, 0.25) is 0 Å². The summed E-state index contributed by atoms with van der Waals surface area (Å²) in [6.45, 7) is 5.47. The van der Waals surface area contributed by atoms with Gasteiger partial charge in [0.1, 0.15) is 0 Å². The Labute approximate surface area is 84.9 Å². The molecule has 0 bridgehead atoms. The first-order valence-corrected chi connectivity index (χ1v) is 5.37. The van der Waals surface area contributed by atoms with Crippen molar-refractivity contribution in [2.75, 3.05) is 0 Å². The number of aromatic nitrogens is 2. The Balaban J connectivity index is 2.44. The lowest BCUT2D eigenvalue weighted by molar-refractivity contribution is 0.420. The van der Waals surface area contributed by atoms with Crippen molar-refractivity contribution in [3.05, 3.63) is 18.0 Å². The van der Waals surface area contributed by atoms with E-state index in [0.29, 0.717) is 11.8 Å². The zero-order chi connectivity index (χ0) is 9.68. The van der Waals surface area contributed by atoms with Gasteiger partial charge in [-0.15, -0.1) is 11.6 Å². The van der Waals surface area contributed by atoms with Crippen molar-refractivity contribution in [2.45, 2.75) is 39.1 Å². The summed E-state index contributed by atoms with van der Waals surface area (Å²) in [5.41, 5.74) is 1.10. The van der Waals surface area contributed by atoms with Crippen LogP contribution in [-0.2, 0) is 12.4 Å². The van der Waals surface area contributed by atoms with Crippen LogP contribution in [0.5, 0.6) is 0 Å². The molecule has 0 fully saturated rings. The van der Waals surface area contributed by atoms with Gasteiger partial charge in [0.05, 0.1) is 12.1 Å². The minimum absolute atomic E-state index is 0.558. The quantitative estimate of drug-likeness (QED) is 0.669. The first-order chi connectivity index (χ1) is 6.26. The summed E-state index contributed by atoms with van der Waals surface area (Å²) in [5, 5.41) is 4.24. The van der Waals surface area contributed by atoms with Crippen molar-refractivity contribution in [3.8, 4) is 0 Å². The largest absolute Gasteiger partial charge is 0.272 e. The molecule has 74 valence electrons. The van der Waals surface area contributed by atoms with E-state index in [0.717, 1.165) is 12.1 Å². The number of halogens is 1. The molecule has 1 heterocycles. The van der Waals surface area contributed by atoms with Crippen molar-refractivity contribution < 1.29 is 0 Å². The molecule has 1 atom stereocenters. The van der Waals surface area contributed by atoms with Crippen LogP contribution >= 0.6 is 11.6 Å². The van der Waals surface area contributed by atoms with Crippen molar-refractivity contribution in [1.29, 1.82) is 0 Å². The molecule has 1 aromatic heterocycles. The normalized spacial score (nSPS) is 13.2. The molecular weight excluding hydrogens is 184 g/mol. The first-order valence-electron chi connectivity index (χ1n) is 4.83. The lowest BCUT2D eigenvalue weighted by Crippen LogP contribution is -2.07. The molecule has 0 aliphatic heterocycles. The minimum Gasteiger partial charge on any atom is -0.272 e. The van der Waals surface area contributed by atoms with Crippen molar-refractivity contribution in [2.24, 2.45) is 5.92 Å². The summed E-state index contributed by atoms with van der Waals surface area (Å²) >= 11 is 5.68. The van der Waals surface area contributed by atoms with Crippen molar-refractivity contribution >= 4 is 11.6 Å². The standard InChI is InChI=1S/C10H17ClN2/c1-3-4-9(2)7-13-8-10(5-11)6-12-13/h6,8-9H,3-5,7H2,1-2H3. The topological polar surface area (TPSA) is 17.8 Å². The molecule has 0 aliphatic rings. The van der Waals surface area contributed by atoms with E-state index in [-0.39, 0.29) is 0 Å². The van der Waals surface area contributed by atoms with Gasteiger partial charge in [0.15, 0.2) is 0 Å². The maximum atomic E-state index is 5.68. The Bertz CT molecular complexity index is 245. The SMILES string of the molecule is CCCC(C)Cn1cc(CCl)cn1. The van der Waals surface area contributed by atoms with E-state index < -0.39 is 0 Å². The fraction of sp³-hybridized carbons (Fsp3) is 0.700. The molecule has 13 heavy (non-hydrogen) atoms. The first kappa shape index (κ1) is 10.6. The molecular formula is C10H17ClN2. The molecule has 0 radical (unpaired) electrons. The van der Waals surface area contributed by atoms with Gasteiger partial charge in [0.25, 0.3) is 0 Å². The molecule has 1 rings (SSSR count). The van der Waals surface area contributed by atoms with Gasteiger partial charge in [-0.3, -0.25) is 4.68 Å². The van der Waals surface area contributed by atoms with Gasteiger partial charge in [0, 0.05) is 18.3 Å². The van der Waals surface area contributed by atoms with Crippen LogP contribution in [0.4, 0.5) is 0 Å². The molecule has 0 aliphatic carbocycles. The summed E-state index contributed by atoms with van der Waals surface area (Å²) in [4.78, 5) is 0. The van der Waals surface area contributed by atoms with E-state index in [9.17, 15) is 0 Å². The second-order valence-corrected chi connectivity index (χ2v) is 3.87. The summed E-state index contributed by atoms with van der Waals surface area (Å²) < 4.78 is 1.98. The van der Waals surface area contributed by atoms with Crippen LogP contribution in [0.1, 0.15) is 32.3 Å². The van der Waals surface area contributed by atoms with E-state index in [2.05, 4.69) is 18.9 Å². The number of nitrogens with zero attached hydrogens (tertiary/aromatic N) is 2. The lowest BCUT2D eigenvalue weighted by atomic mass is 10.1. The van der Waals surface area contributed by atoms with Crippen LogP contribution in [0.15, 0.2) is 12.4 Å². The van der Waals surface area contributed by atoms with Gasteiger partial charge in [-0.25, -0.2) is 0 Å². The average molecular weight is 201 g/mol. The summed E-state index contributed by atoms with van der Waals surface area (Å²) in [6, 6.07) is 0. The van der Waals surface area contributed by atoms with Crippen molar-refractivity contribution in [3.63, 3.8) is 0 Å². The van der Waals surface area contributed by atoms with Gasteiger partial charge >= 0.3 is 0 Å². The maximum Gasteiger partial charge on any atom is 0.0533 e. The molecule has 0 amide bonds. The Morgan fingerprint density at radius 1 is 1.62 bits per heavy atom. The minimum atomic E-state index is 0.558. The van der Waals surface area contributed by atoms with Crippen LogP contribution in [0.2, 0.25) is 0 Å². The van der Waals surface area contributed by atoms with Crippen molar-refractivity contribution in [1.82, 2.24) is 9.78 Å². The van der Waals surface area contributed by atoms with Gasteiger partial charge in [-0.05, 0) is 12.3 Å². The average Bonchev–Trinajstić information content (AvgIpc) is 2.52. The van der Waals surface area contributed by atoms with E-state index >= 15 is 0 Å². The Morgan fingerprint density at radius 2 is 2.38 bits per heavy atom. The highest BCUT2D eigenvalue weighted by molar-refractivity contribution is 6.17. The number of hydrogen-bond acceptors (Lipinski definition) is 1. The molecule has 0 spiro atoms. The number of alkyl halides is 1. The third kappa shape index (κ3) is 3.39. The van der Waals surface area contributed by atoms with Crippen LogP contribution in [0.25, 0.3) is 0 Å². The molecule has 0 aromatic carbocycles. The highest BCUT2D eigenvalue weighted by Crippen LogP contribution is 2.09. The fourth-order valence-corrected chi connectivity index (χ4v) is 1.62. The maximum absolute atomic E-state index is 5.68. The zero-order valence-electron chi connectivity index (χ0n) is 8.33. The Kier molecular flexibility index (Phi) is 4.29. The molecule has 0 N–H and O–H groups in total. The molecule has 0 saturated carbocycles. The van der Waals surface area contributed by atoms with Gasteiger partial charge in [-0.2, -0.15) is 5.10 Å². The predicted octanol–water partition coefficient (Wildman–Crippen LogP) is 3.06. The van der Waals surface area contributed by atoms with Crippen LogP contribution < -0.4 is 0 Å². The van der Waals surface area contributed by atoms with Crippen LogP contribution in [0, 0.1) is 5.92 Å². The van der Waals surface area contributed by atoms with E-state index in [1.54, 1.807) is 0 Å². The second kappa shape index (κ2) is 5.28. The monoisotopic (exact) mass is 200 g/mol. The molecule has 1 aromatic rings. The Hall–Kier alpha value is -0.500. The third-order valence-electron chi connectivity index (χ3n) is 2.12. The van der Waals surface area contributed by atoms with E-state index in [4.69, 9.17) is 11.6 Å². The molecule has 0 saturated heterocycles. The lowest BCUT2D eigenvalue weighted by Gasteiger charge is -2.09. The number of hydrogen-bond donors (Lipinski definition) is 0. The van der Waals surface area contributed by atoms with E-state index in [1.807, 2.05) is 17.1 Å². The summed E-state index contributed by atoms with van der Waals surface area (Å²) in [5.74, 6) is 1.26. The molecule has 2 nitrogen and oxygen atoms in total. The molecule has 3 heteroatoms. The smallest absolute Gasteiger partial charge is 0.0533 e. The molecule has 1 unspecified atom stereocenters. The zero-order valence-corrected chi connectivity index (χ0v) is 9.09. The highest BCUT2D eigenvalue weighted by atomic mass is 35.5. The Morgan fingerprint density at radius 3 is 2.92 bits per heavy atom. The fourth-order valence-electron chi connectivity index (χ4n) is 1.48. The predicted molar refractivity (Wildman–Crippen MR) is 55.9 cm³/mol. The second-order valence-electron chi connectivity index (χ2n) is 3.60. The summed E-state index contributed by atoms with van der Waals surface area (Å²) in [6.07, 6.45) is 6.37. The summed E-state index contributed by atoms with van der Waals surface area (Å²) in [7, 11) is 0. The van der Waals surface area contributed by atoms with Crippen LogP contribution in [0.3, 0.4) is 0 Å². The highest BCUT2D eigenvalue weighted by Gasteiger charge is 2.03. The third-order valence-corrected chi connectivity index (χ3v) is 2.43. The van der Waals surface area contributed by atoms with E-state index in [1.165, 1.54) is 12.8 Å². The van der Waals surface area contributed by atoms with Crippen LogP contribution in [-0.4, -0.2) is 9.78 Å². The number of rotatable bonds is 5.